The van der Waals surface area contributed by atoms with Gasteiger partial charge in [-0.15, -0.1) is 0 Å². The summed E-state index contributed by atoms with van der Waals surface area (Å²) in [5.41, 5.74) is 15.9. The summed E-state index contributed by atoms with van der Waals surface area (Å²) in [6, 6.07) is 31.7. The number of hydrogen-bond donors (Lipinski definition) is 0. The molecule has 0 saturated carbocycles. The van der Waals surface area contributed by atoms with Gasteiger partial charge in [0, 0.05) is 0 Å². The first-order chi connectivity index (χ1) is 25.1. The maximum Gasteiger partial charge on any atom is -0.0216 e. The van der Waals surface area contributed by atoms with Crippen molar-refractivity contribution in [1.29, 1.82) is 0 Å². The molecule has 0 N–H and O–H groups in total. The summed E-state index contributed by atoms with van der Waals surface area (Å²) in [7, 11) is 0. The average molecular weight is 697 g/mol. The third-order valence-electron chi connectivity index (χ3n) is 12.7. The highest BCUT2D eigenvalue weighted by molar-refractivity contribution is 5.39. The summed E-state index contributed by atoms with van der Waals surface area (Å²) in [5, 5.41) is 0. The third kappa shape index (κ3) is 11.2. The van der Waals surface area contributed by atoms with E-state index in [0.29, 0.717) is 11.8 Å². The Hall–Kier alpha value is -3.12. The lowest BCUT2D eigenvalue weighted by Crippen LogP contribution is -2.18. The van der Waals surface area contributed by atoms with Crippen LogP contribution in [-0.2, 0) is 51.4 Å². The van der Waals surface area contributed by atoms with Gasteiger partial charge in [0.15, 0.2) is 0 Å². The summed E-state index contributed by atoms with van der Waals surface area (Å²) in [6.45, 7) is 18.5. The van der Waals surface area contributed by atoms with E-state index >= 15 is 0 Å². The van der Waals surface area contributed by atoms with Crippen molar-refractivity contribution in [3.05, 3.63) is 141 Å². The minimum absolute atomic E-state index is 0.673. The first-order valence-electron chi connectivity index (χ1n) is 21.5. The standard InChI is InChI=1S/4C13H18/c1-10(2)12-9-5-7-11-6-3-4-8-13(11)12;3*1-10(2)12-8-7-11-5-3-4-6-13(11)9-12/h5,7,9-10H,3-4,6,8H2,1-2H3;7-10H,3-6H2,1-2H3;2*3-6,10,12H,7-9H2,1-2H3. The largest absolute Gasteiger partial charge is 0.0625 e. The molecule has 4 aliphatic rings. The molecule has 0 aromatic heterocycles. The molecule has 0 aliphatic heterocycles. The van der Waals surface area contributed by atoms with Crippen LogP contribution >= 0.6 is 0 Å². The first kappa shape index (κ1) is 40.1. The van der Waals surface area contributed by atoms with Crippen LogP contribution in [0.15, 0.2) is 84.9 Å². The van der Waals surface area contributed by atoms with Gasteiger partial charge < -0.3 is 0 Å². The number of rotatable bonds is 4. The van der Waals surface area contributed by atoms with E-state index < -0.39 is 0 Å². The highest BCUT2D eigenvalue weighted by Crippen LogP contribution is 2.32. The third-order valence-corrected chi connectivity index (χ3v) is 12.7. The number of fused-ring (bicyclic) bond motifs is 4. The molecular weight excluding hydrogens is 625 g/mol. The van der Waals surface area contributed by atoms with Gasteiger partial charge in [0.25, 0.3) is 0 Å². The molecule has 0 radical (unpaired) electrons. The quantitative estimate of drug-likeness (QED) is 0.199. The fourth-order valence-corrected chi connectivity index (χ4v) is 9.05. The normalized spacial score (nSPS) is 18.8. The molecule has 2 unspecified atom stereocenters. The van der Waals surface area contributed by atoms with Crippen LogP contribution in [0.25, 0.3) is 0 Å². The van der Waals surface area contributed by atoms with Crippen LogP contribution in [0.5, 0.6) is 0 Å². The molecule has 2 atom stereocenters. The lowest BCUT2D eigenvalue weighted by Gasteiger charge is -2.27. The number of aryl methyl sites for hydroxylation is 5. The van der Waals surface area contributed by atoms with Crippen LogP contribution < -0.4 is 0 Å². The molecule has 0 heterocycles. The molecule has 0 fully saturated rings. The van der Waals surface area contributed by atoms with Gasteiger partial charge in [-0.2, -0.15) is 0 Å². The predicted octanol–water partition coefficient (Wildman–Crippen LogP) is 14.3. The van der Waals surface area contributed by atoms with Gasteiger partial charge >= 0.3 is 0 Å². The van der Waals surface area contributed by atoms with E-state index in [-0.39, 0.29) is 0 Å². The molecule has 0 nitrogen and oxygen atoms in total. The fraction of sp³-hybridized carbons (Fsp3) is 0.538. The van der Waals surface area contributed by atoms with Crippen LogP contribution in [0.4, 0.5) is 0 Å². The number of benzene rings is 4. The van der Waals surface area contributed by atoms with Gasteiger partial charge in [0.05, 0.1) is 0 Å². The van der Waals surface area contributed by atoms with Crippen molar-refractivity contribution in [3.63, 3.8) is 0 Å². The van der Waals surface area contributed by atoms with Crippen molar-refractivity contribution in [1.82, 2.24) is 0 Å². The Bertz CT molecular complexity index is 1600. The molecule has 4 aliphatic carbocycles. The summed E-state index contributed by atoms with van der Waals surface area (Å²) in [5.74, 6) is 4.87. The summed E-state index contributed by atoms with van der Waals surface area (Å²) < 4.78 is 0. The minimum Gasteiger partial charge on any atom is -0.0625 e. The molecule has 8 rings (SSSR count). The second-order valence-electron chi connectivity index (χ2n) is 17.8. The van der Waals surface area contributed by atoms with Gasteiger partial charge in [-0.1, -0.05) is 140 Å². The zero-order valence-electron chi connectivity index (χ0n) is 34.4. The van der Waals surface area contributed by atoms with Gasteiger partial charge in [-0.3, -0.25) is 0 Å². The fourth-order valence-electron chi connectivity index (χ4n) is 9.05. The van der Waals surface area contributed by atoms with Crippen LogP contribution in [0.3, 0.4) is 0 Å². The molecular formula is C52H72. The molecule has 4 aromatic carbocycles. The number of hydrogen-bond acceptors (Lipinski definition) is 0. The lowest BCUT2D eigenvalue weighted by atomic mass is 9.78. The molecule has 280 valence electrons. The maximum atomic E-state index is 2.42. The SMILES string of the molecule is CC(C)C1CCc2ccccc2C1.CC(C)C1CCc2ccccc2C1.CC(C)c1ccc2c(c1)CCCC2.CC(C)c1cccc2c1CCCC2. The monoisotopic (exact) mass is 697 g/mol. The van der Waals surface area contributed by atoms with Gasteiger partial charge in [-0.05, 0) is 181 Å². The van der Waals surface area contributed by atoms with E-state index in [0.717, 1.165) is 23.7 Å². The van der Waals surface area contributed by atoms with E-state index in [9.17, 15) is 0 Å². The van der Waals surface area contributed by atoms with Crippen molar-refractivity contribution in [2.24, 2.45) is 23.7 Å². The predicted molar refractivity (Wildman–Crippen MR) is 228 cm³/mol. The Morgan fingerprint density at radius 2 is 0.865 bits per heavy atom. The molecule has 4 aromatic rings. The van der Waals surface area contributed by atoms with Gasteiger partial charge in [-0.25, -0.2) is 0 Å². The summed E-state index contributed by atoms with van der Waals surface area (Å²) >= 11 is 0. The van der Waals surface area contributed by atoms with Crippen molar-refractivity contribution < 1.29 is 0 Å². The van der Waals surface area contributed by atoms with E-state index in [1.807, 2.05) is 0 Å². The molecule has 0 spiro atoms. The Kier molecular flexibility index (Phi) is 15.3. The van der Waals surface area contributed by atoms with E-state index in [4.69, 9.17) is 0 Å². The van der Waals surface area contributed by atoms with E-state index in [2.05, 4.69) is 140 Å². The van der Waals surface area contributed by atoms with Crippen molar-refractivity contribution in [2.75, 3.05) is 0 Å². The molecule has 52 heavy (non-hydrogen) atoms. The van der Waals surface area contributed by atoms with Crippen molar-refractivity contribution in [2.45, 2.75) is 157 Å². The minimum atomic E-state index is 0.673. The second-order valence-corrected chi connectivity index (χ2v) is 17.8. The molecule has 0 heteroatoms. The molecule has 0 bridgehead atoms. The molecule has 0 amide bonds. The maximum absolute atomic E-state index is 2.42. The highest BCUT2D eigenvalue weighted by atomic mass is 14.3. The zero-order chi connectivity index (χ0) is 37.0. The van der Waals surface area contributed by atoms with Crippen molar-refractivity contribution in [3.8, 4) is 0 Å². The Labute approximate surface area is 320 Å². The van der Waals surface area contributed by atoms with E-state index in [1.165, 1.54) is 95.5 Å². The van der Waals surface area contributed by atoms with Crippen LogP contribution in [0.1, 0.15) is 161 Å². The lowest BCUT2D eigenvalue weighted by molar-refractivity contribution is 0.343. The summed E-state index contributed by atoms with van der Waals surface area (Å²) in [4.78, 5) is 0. The Morgan fingerprint density at radius 3 is 1.38 bits per heavy atom. The zero-order valence-corrected chi connectivity index (χ0v) is 34.4. The Morgan fingerprint density at radius 1 is 0.404 bits per heavy atom. The second kappa shape index (κ2) is 19.8. The average Bonchev–Trinajstić information content (AvgIpc) is 3.17. The Balaban J connectivity index is 0.000000134. The highest BCUT2D eigenvalue weighted by Gasteiger charge is 2.21. The van der Waals surface area contributed by atoms with Crippen LogP contribution in [0, 0.1) is 23.7 Å². The topological polar surface area (TPSA) is 0 Å². The first-order valence-corrected chi connectivity index (χ1v) is 21.5. The smallest absolute Gasteiger partial charge is 0.0216 e. The van der Waals surface area contributed by atoms with Gasteiger partial charge in [0.1, 0.15) is 0 Å². The van der Waals surface area contributed by atoms with Gasteiger partial charge in [0.2, 0.25) is 0 Å². The van der Waals surface area contributed by atoms with E-state index in [1.54, 1.807) is 50.1 Å². The van der Waals surface area contributed by atoms with Crippen molar-refractivity contribution >= 4 is 0 Å². The van der Waals surface area contributed by atoms with Crippen LogP contribution in [-0.4, -0.2) is 0 Å². The van der Waals surface area contributed by atoms with Crippen LogP contribution in [0.2, 0.25) is 0 Å². The molecule has 0 saturated heterocycles. The summed E-state index contributed by atoms with van der Waals surface area (Å²) in [6.07, 6.45) is 18.7.